The highest BCUT2D eigenvalue weighted by molar-refractivity contribution is 5.72. The van der Waals surface area contributed by atoms with Gasteiger partial charge in [-0.05, 0) is 0 Å². The molecule has 18 heavy (non-hydrogen) atoms. The number of rotatable bonds is 8. The van der Waals surface area contributed by atoms with Crippen molar-refractivity contribution in [2.24, 2.45) is 5.73 Å². The van der Waals surface area contributed by atoms with Crippen molar-refractivity contribution in [2.75, 3.05) is 46.6 Å². The predicted molar refractivity (Wildman–Crippen MR) is 78.8 cm³/mol. The van der Waals surface area contributed by atoms with Crippen LogP contribution in [0, 0.1) is 0 Å². The third-order valence-electron chi connectivity index (χ3n) is 1.74. The number of carbonyl (C=O) groups is 1. The number of nitrogens with zero attached hydrogens (tertiary/aromatic N) is 1. The van der Waals surface area contributed by atoms with Crippen LogP contribution in [0.5, 0.6) is 0 Å². The Morgan fingerprint density at radius 2 is 1.50 bits per heavy atom. The lowest BCUT2D eigenvalue weighted by Gasteiger charge is -2.14. The molecule has 0 spiro atoms. The SMILES string of the molecule is CC.CC.CC(=O)N(C)CCOCCOCCN.[HH]. The molecule has 1 amide bonds. The highest BCUT2D eigenvalue weighted by atomic mass is 16.5. The molecule has 0 heterocycles. The average Bonchev–Trinajstić information content (AvgIpc) is 2.42. The molecule has 0 saturated carbocycles. The second-order valence-corrected chi connectivity index (χ2v) is 2.95. The molecule has 0 aliphatic rings. The maximum atomic E-state index is 10.8. The maximum Gasteiger partial charge on any atom is 0.219 e. The Kier molecular flexibility index (Phi) is 27.0. The molecular weight excluding hydrogens is 232 g/mol. The molecule has 0 unspecified atom stereocenters. The summed E-state index contributed by atoms with van der Waals surface area (Å²) in [5.74, 6) is 0.0491. The summed E-state index contributed by atoms with van der Waals surface area (Å²) in [4.78, 5) is 12.4. The number of likely N-dealkylation sites (N-methyl/N-ethyl adjacent to an activating group) is 1. The number of amides is 1. The molecule has 0 atom stereocenters. The van der Waals surface area contributed by atoms with Crippen molar-refractivity contribution in [1.29, 1.82) is 0 Å². The summed E-state index contributed by atoms with van der Waals surface area (Å²) in [6, 6.07) is 0. The summed E-state index contributed by atoms with van der Waals surface area (Å²) >= 11 is 0. The number of hydrogen-bond acceptors (Lipinski definition) is 4. The van der Waals surface area contributed by atoms with E-state index in [1.807, 2.05) is 27.7 Å². The van der Waals surface area contributed by atoms with Gasteiger partial charge in [0, 0.05) is 28.5 Å². The molecule has 5 nitrogen and oxygen atoms in total. The van der Waals surface area contributed by atoms with Gasteiger partial charge in [0.2, 0.25) is 5.91 Å². The summed E-state index contributed by atoms with van der Waals surface area (Å²) in [5.41, 5.74) is 5.23. The van der Waals surface area contributed by atoms with Gasteiger partial charge in [0.15, 0.2) is 0 Å². The third kappa shape index (κ3) is 20.7. The lowest BCUT2D eigenvalue weighted by Crippen LogP contribution is -2.28. The van der Waals surface area contributed by atoms with Crippen LogP contribution in [-0.4, -0.2) is 57.4 Å². The zero-order chi connectivity index (χ0) is 14.8. The Morgan fingerprint density at radius 1 is 1.06 bits per heavy atom. The minimum Gasteiger partial charge on any atom is -0.378 e. The van der Waals surface area contributed by atoms with Crippen molar-refractivity contribution in [2.45, 2.75) is 34.6 Å². The Hall–Kier alpha value is -0.650. The first-order chi connectivity index (χ1) is 8.68. The predicted octanol–water partition coefficient (Wildman–Crippen LogP) is 1.76. The molecule has 0 aromatic rings. The van der Waals surface area contributed by atoms with Gasteiger partial charge in [0.25, 0.3) is 0 Å². The van der Waals surface area contributed by atoms with Gasteiger partial charge < -0.3 is 20.1 Å². The van der Waals surface area contributed by atoms with Crippen LogP contribution in [-0.2, 0) is 14.3 Å². The first kappa shape index (κ1) is 22.5. The minimum atomic E-state index is 0. The number of hydrogen-bond donors (Lipinski definition) is 1. The Bertz CT molecular complexity index is 161. The zero-order valence-corrected chi connectivity index (χ0v) is 13.0. The average molecular weight is 266 g/mol. The summed E-state index contributed by atoms with van der Waals surface area (Å²) in [6.07, 6.45) is 0. The second-order valence-electron chi connectivity index (χ2n) is 2.95. The van der Waals surface area contributed by atoms with Crippen molar-refractivity contribution >= 4 is 5.91 Å². The van der Waals surface area contributed by atoms with E-state index in [0.717, 1.165) is 0 Å². The van der Waals surface area contributed by atoms with E-state index in [0.29, 0.717) is 39.5 Å². The molecule has 0 saturated heterocycles. The van der Waals surface area contributed by atoms with E-state index in [1.165, 1.54) is 6.92 Å². The standard InChI is InChI=1S/C9H20N2O3.2C2H6.H2/c1-9(12)11(2)4-6-14-8-7-13-5-3-10;2*1-2;/h3-8,10H2,1-2H3;2*1-2H3;1H. The fourth-order valence-electron chi connectivity index (χ4n) is 0.764. The Balaban J connectivity index is -0.000000204. The van der Waals surface area contributed by atoms with Gasteiger partial charge in [-0.3, -0.25) is 4.79 Å². The normalized spacial score (nSPS) is 8.61. The van der Waals surface area contributed by atoms with E-state index < -0.39 is 0 Å². The van der Waals surface area contributed by atoms with E-state index in [1.54, 1.807) is 11.9 Å². The van der Waals surface area contributed by atoms with Gasteiger partial charge >= 0.3 is 0 Å². The van der Waals surface area contributed by atoms with Crippen LogP contribution in [0.2, 0.25) is 0 Å². The summed E-state index contributed by atoms with van der Waals surface area (Å²) in [6.45, 7) is 12.9. The van der Waals surface area contributed by atoms with E-state index in [4.69, 9.17) is 15.2 Å². The van der Waals surface area contributed by atoms with Gasteiger partial charge in [-0.2, -0.15) is 0 Å². The van der Waals surface area contributed by atoms with Crippen LogP contribution in [0.4, 0.5) is 0 Å². The minimum absolute atomic E-state index is 0. The van der Waals surface area contributed by atoms with Crippen molar-refractivity contribution in [3.8, 4) is 0 Å². The number of nitrogens with two attached hydrogens (primary N) is 1. The van der Waals surface area contributed by atoms with Crippen molar-refractivity contribution in [3.63, 3.8) is 0 Å². The van der Waals surface area contributed by atoms with Crippen molar-refractivity contribution < 1.29 is 15.7 Å². The molecule has 0 aliphatic carbocycles. The number of ether oxygens (including phenoxy) is 2. The molecule has 0 rings (SSSR count). The first-order valence-electron chi connectivity index (χ1n) is 6.75. The van der Waals surface area contributed by atoms with Crippen LogP contribution in [0.1, 0.15) is 36.0 Å². The van der Waals surface area contributed by atoms with E-state index >= 15 is 0 Å². The van der Waals surface area contributed by atoms with E-state index in [2.05, 4.69) is 0 Å². The number of carbonyl (C=O) groups excluding carboxylic acids is 1. The van der Waals surface area contributed by atoms with Gasteiger partial charge in [-0.25, -0.2) is 0 Å². The molecule has 114 valence electrons. The quantitative estimate of drug-likeness (QED) is 0.680. The molecule has 0 bridgehead atoms. The lowest BCUT2D eigenvalue weighted by molar-refractivity contribution is -0.128. The fourth-order valence-corrected chi connectivity index (χ4v) is 0.764. The largest absolute Gasteiger partial charge is 0.378 e. The van der Waals surface area contributed by atoms with Crippen LogP contribution in [0.15, 0.2) is 0 Å². The summed E-state index contributed by atoms with van der Waals surface area (Å²) in [5, 5.41) is 0. The molecule has 2 N–H and O–H groups in total. The van der Waals surface area contributed by atoms with E-state index in [-0.39, 0.29) is 7.33 Å². The topological polar surface area (TPSA) is 64.8 Å². The van der Waals surface area contributed by atoms with Gasteiger partial charge in [-0.15, -0.1) is 0 Å². The molecular formula is C13H34N2O3. The van der Waals surface area contributed by atoms with Crippen LogP contribution < -0.4 is 5.73 Å². The van der Waals surface area contributed by atoms with Gasteiger partial charge in [0.05, 0.1) is 26.4 Å². The molecule has 0 aliphatic heterocycles. The zero-order valence-electron chi connectivity index (χ0n) is 13.0. The smallest absolute Gasteiger partial charge is 0.219 e. The molecule has 0 aromatic heterocycles. The molecule has 0 radical (unpaired) electrons. The van der Waals surface area contributed by atoms with E-state index in [9.17, 15) is 4.79 Å². The van der Waals surface area contributed by atoms with Crippen molar-refractivity contribution in [1.82, 2.24) is 4.90 Å². The summed E-state index contributed by atoms with van der Waals surface area (Å²) in [7, 11) is 1.75. The van der Waals surface area contributed by atoms with Gasteiger partial charge in [-0.1, -0.05) is 27.7 Å². The third-order valence-corrected chi connectivity index (χ3v) is 1.74. The maximum absolute atomic E-state index is 10.8. The van der Waals surface area contributed by atoms with Crippen molar-refractivity contribution in [3.05, 3.63) is 0 Å². The molecule has 5 heteroatoms. The molecule has 0 fully saturated rings. The lowest BCUT2D eigenvalue weighted by atomic mass is 10.5. The van der Waals surface area contributed by atoms with Crippen LogP contribution in [0.25, 0.3) is 0 Å². The highest BCUT2D eigenvalue weighted by Crippen LogP contribution is 1.84. The Labute approximate surface area is 114 Å². The monoisotopic (exact) mass is 266 g/mol. The summed E-state index contributed by atoms with van der Waals surface area (Å²) < 4.78 is 10.3. The second kappa shape index (κ2) is 21.6. The van der Waals surface area contributed by atoms with Gasteiger partial charge in [0.1, 0.15) is 0 Å². The van der Waals surface area contributed by atoms with Crippen LogP contribution >= 0.6 is 0 Å². The highest BCUT2D eigenvalue weighted by Gasteiger charge is 2.00. The van der Waals surface area contributed by atoms with Crippen LogP contribution in [0.3, 0.4) is 0 Å². The molecule has 0 aromatic carbocycles. The fraction of sp³-hybridized carbons (Fsp3) is 0.923. The first-order valence-corrected chi connectivity index (χ1v) is 6.75. The Morgan fingerprint density at radius 3 is 1.89 bits per heavy atom.